The molecule has 1 spiro atoms. The summed E-state index contributed by atoms with van der Waals surface area (Å²) < 4.78 is 11.9. The number of aliphatic hydroxyl groups excluding tert-OH is 1. The first-order valence-corrected chi connectivity index (χ1v) is 13.1. The van der Waals surface area contributed by atoms with E-state index in [2.05, 4.69) is 29.1 Å². The summed E-state index contributed by atoms with van der Waals surface area (Å²) in [7, 11) is 0. The summed E-state index contributed by atoms with van der Waals surface area (Å²) in [6.07, 6.45) is 5.82. The van der Waals surface area contributed by atoms with Gasteiger partial charge in [0.25, 0.3) is 0 Å². The van der Waals surface area contributed by atoms with Gasteiger partial charge in [0.05, 0.1) is 24.5 Å². The third-order valence-corrected chi connectivity index (χ3v) is 8.00. The Kier molecular flexibility index (Phi) is 8.98. The smallest absolute Gasteiger partial charge is 0.312 e. The molecule has 3 aliphatic rings. The SMILES string of the molecule is C=CCCOC(=O)[C@H]1[C@@H]2OC3(CC2Br)C(C(=O)N(CC=C)C(C)C)N(CCCCCO)C(=O)[C@H]13. The van der Waals surface area contributed by atoms with Crippen LogP contribution in [0.15, 0.2) is 25.3 Å². The highest BCUT2D eigenvalue weighted by molar-refractivity contribution is 9.09. The van der Waals surface area contributed by atoms with Crippen molar-refractivity contribution in [1.82, 2.24) is 9.80 Å². The van der Waals surface area contributed by atoms with Crippen LogP contribution in [-0.2, 0) is 23.9 Å². The highest BCUT2D eigenvalue weighted by Gasteiger charge is 2.77. The van der Waals surface area contributed by atoms with E-state index in [1.165, 1.54) is 0 Å². The van der Waals surface area contributed by atoms with Crippen LogP contribution in [0.2, 0.25) is 0 Å². The summed E-state index contributed by atoms with van der Waals surface area (Å²) in [6, 6.07) is -0.914. The molecule has 6 atom stereocenters. The lowest BCUT2D eigenvalue weighted by Crippen LogP contribution is -2.58. The van der Waals surface area contributed by atoms with Crippen LogP contribution in [0, 0.1) is 11.8 Å². The minimum atomic E-state index is -1.08. The average molecular weight is 541 g/mol. The van der Waals surface area contributed by atoms with Crippen molar-refractivity contribution in [3.63, 3.8) is 0 Å². The molecule has 34 heavy (non-hydrogen) atoms. The molecule has 2 bridgehead atoms. The van der Waals surface area contributed by atoms with E-state index in [-0.39, 0.29) is 35.9 Å². The standard InChI is InChI=1S/C25H37BrN2O6/c1-5-7-14-33-24(32)18-19-22(30)28(12-9-8-10-13-29)21(23(31)27(11-6-2)16(3)4)25(19)15-17(26)20(18)34-25/h5-6,16-21,29H,1-2,7-15H2,3-4H3/t17?,18-,19+,20-,21?,25?/m1/s1. The number of unbranched alkanes of at least 4 members (excludes halogenated alkanes) is 2. The summed E-state index contributed by atoms with van der Waals surface area (Å²) >= 11 is 3.66. The van der Waals surface area contributed by atoms with Crippen molar-refractivity contribution in [2.75, 3.05) is 26.3 Å². The normalized spacial score (nSPS) is 31.6. The molecule has 3 saturated heterocycles. The van der Waals surface area contributed by atoms with E-state index in [1.54, 1.807) is 22.0 Å². The number of ether oxygens (including phenoxy) is 2. The number of aliphatic hydroxyl groups is 1. The van der Waals surface area contributed by atoms with Crippen molar-refractivity contribution < 1.29 is 29.0 Å². The second-order valence-electron chi connectivity index (χ2n) is 9.60. The molecule has 190 valence electrons. The van der Waals surface area contributed by atoms with E-state index in [4.69, 9.17) is 14.6 Å². The number of amides is 2. The third kappa shape index (κ3) is 4.71. The van der Waals surface area contributed by atoms with Crippen molar-refractivity contribution in [2.45, 2.75) is 74.6 Å². The van der Waals surface area contributed by atoms with Crippen molar-refractivity contribution in [2.24, 2.45) is 11.8 Å². The molecule has 0 radical (unpaired) electrons. The zero-order chi connectivity index (χ0) is 25.0. The van der Waals surface area contributed by atoms with Crippen LogP contribution in [-0.4, -0.2) is 87.6 Å². The maximum absolute atomic E-state index is 14.0. The quantitative estimate of drug-likeness (QED) is 0.167. The molecule has 0 saturated carbocycles. The van der Waals surface area contributed by atoms with E-state index in [1.807, 2.05) is 13.8 Å². The number of nitrogens with zero attached hydrogens (tertiary/aromatic N) is 2. The number of alkyl halides is 1. The van der Waals surface area contributed by atoms with E-state index in [9.17, 15) is 14.4 Å². The van der Waals surface area contributed by atoms with Crippen molar-refractivity contribution in [1.29, 1.82) is 0 Å². The topological polar surface area (TPSA) is 96.4 Å². The summed E-state index contributed by atoms with van der Waals surface area (Å²) in [6.45, 7) is 12.3. The van der Waals surface area contributed by atoms with Gasteiger partial charge in [-0.05, 0) is 46.0 Å². The van der Waals surface area contributed by atoms with E-state index < -0.39 is 35.6 Å². The first-order chi connectivity index (χ1) is 16.2. The Bertz CT molecular complexity index is 804. The molecular weight excluding hydrogens is 504 g/mol. The van der Waals surface area contributed by atoms with Gasteiger partial charge in [-0.25, -0.2) is 0 Å². The van der Waals surface area contributed by atoms with Gasteiger partial charge in [0.2, 0.25) is 11.8 Å². The number of rotatable bonds is 13. The number of fused-ring (bicyclic) bond motifs is 1. The minimum absolute atomic E-state index is 0.0814. The molecule has 0 aromatic heterocycles. The molecular formula is C25H37BrN2O6. The van der Waals surface area contributed by atoms with Crippen molar-refractivity contribution in [3.8, 4) is 0 Å². The molecule has 3 heterocycles. The summed E-state index contributed by atoms with van der Waals surface area (Å²) in [5, 5.41) is 9.14. The van der Waals surface area contributed by atoms with Gasteiger partial charge in [-0.2, -0.15) is 0 Å². The summed E-state index contributed by atoms with van der Waals surface area (Å²) in [5.74, 6) is -2.39. The Hall–Kier alpha value is -1.71. The van der Waals surface area contributed by atoms with Crippen LogP contribution >= 0.6 is 15.9 Å². The predicted molar refractivity (Wildman–Crippen MR) is 131 cm³/mol. The summed E-state index contributed by atoms with van der Waals surface area (Å²) in [5.41, 5.74) is -1.08. The van der Waals surface area contributed by atoms with Gasteiger partial charge < -0.3 is 24.4 Å². The van der Waals surface area contributed by atoms with Crippen LogP contribution in [0.4, 0.5) is 0 Å². The first kappa shape index (κ1) is 26.9. The average Bonchev–Trinajstić information content (AvgIpc) is 3.38. The van der Waals surface area contributed by atoms with Crippen LogP contribution in [0.3, 0.4) is 0 Å². The molecule has 0 aromatic carbocycles. The van der Waals surface area contributed by atoms with Gasteiger partial charge in [0.1, 0.15) is 11.6 Å². The van der Waals surface area contributed by atoms with Crippen LogP contribution in [0.25, 0.3) is 0 Å². The lowest BCUT2D eigenvalue weighted by Gasteiger charge is -2.38. The number of carbonyl (C=O) groups excluding carboxylic acids is 3. The van der Waals surface area contributed by atoms with E-state index in [0.717, 1.165) is 6.42 Å². The molecule has 0 aromatic rings. The zero-order valence-corrected chi connectivity index (χ0v) is 21.7. The fraction of sp³-hybridized carbons (Fsp3) is 0.720. The Morgan fingerprint density at radius 2 is 2.06 bits per heavy atom. The number of hydrogen-bond donors (Lipinski definition) is 1. The molecule has 3 unspecified atom stereocenters. The van der Waals surface area contributed by atoms with E-state index in [0.29, 0.717) is 38.8 Å². The Balaban J connectivity index is 1.97. The van der Waals surface area contributed by atoms with Gasteiger partial charge in [-0.1, -0.05) is 28.1 Å². The molecule has 2 amide bonds. The molecule has 1 N–H and O–H groups in total. The molecule has 8 nitrogen and oxygen atoms in total. The second-order valence-corrected chi connectivity index (χ2v) is 10.8. The monoisotopic (exact) mass is 540 g/mol. The number of hydrogen-bond acceptors (Lipinski definition) is 6. The first-order valence-electron chi connectivity index (χ1n) is 12.2. The fourth-order valence-corrected chi connectivity index (χ4v) is 6.62. The van der Waals surface area contributed by atoms with Gasteiger partial charge in [0, 0.05) is 30.6 Å². The zero-order valence-electron chi connectivity index (χ0n) is 20.2. The number of carbonyl (C=O) groups is 3. The van der Waals surface area contributed by atoms with Crippen LogP contribution in [0.5, 0.6) is 0 Å². The van der Waals surface area contributed by atoms with E-state index >= 15 is 0 Å². The van der Waals surface area contributed by atoms with Crippen LogP contribution < -0.4 is 0 Å². The highest BCUT2D eigenvalue weighted by Crippen LogP contribution is 2.60. The lowest BCUT2D eigenvalue weighted by atomic mass is 9.70. The number of esters is 1. The molecule has 3 aliphatic heterocycles. The number of halogens is 1. The van der Waals surface area contributed by atoms with Crippen molar-refractivity contribution >= 4 is 33.7 Å². The maximum atomic E-state index is 14.0. The second kappa shape index (κ2) is 11.4. The fourth-order valence-electron chi connectivity index (χ4n) is 5.68. The molecule has 0 aliphatic carbocycles. The third-order valence-electron chi connectivity index (χ3n) is 7.15. The molecule has 3 fully saturated rings. The highest BCUT2D eigenvalue weighted by atomic mass is 79.9. The number of likely N-dealkylation sites (tertiary alicyclic amines) is 1. The van der Waals surface area contributed by atoms with Gasteiger partial charge in [0.15, 0.2) is 0 Å². The van der Waals surface area contributed by atoms with Crippen LogP contribution in [0.1, 0.15) is 46.0 Å². The Morgan fingerprint density at radius 1 is 1.32 bits per heavy atom. The largest absolute Gasteiger partial charge is 0.465 e. The van der Waals surface area contributed by atoms with Gasteiger partial charge in [-0.15, -0.1) is 13.2 Å². The predicted octanol–water partition coefficient (Wildman–Crippen LogP) is 2.44. The summed E-state index contributed by atoms with van der Waals surface area (Å²) in [4.78, 5) is 44.0. The molecule has 3 rings (SSSR count). The van der Waals surface area contributed by atoms with Crippen molar-refractivity contribution in [3.05, 3.63) is 25.3 Å². The Labute approximate surface area is 210 Å². The Morgan fingerprint density at radius 3 is 2.68 bits per heavy atom. The van der Waals surface area contributed by atoms with Gasteiger partial charge in [-0.3, -0.25) is 14.4 Å². The van der Waals surface area contributed by atoms with Gasteiger partial charge >= 0.3 is 5.97 Å². The maximum Gasteiger partial charge on any atom is 0.312 e. The lowest BCUT2D eigenvalue weighted by molar-refractivity contribution is -0.155. The molecule has 9 heteroatoms. The minimum Gasteiger partial charge on any atom is -0.465 e.